The first-order valence-electron chi connectivity index (χ1n) is 10.9. The number of thioether (sulfide) groups is 1. The molecule has 0 saturated carbocycles. The number of amides is 1. The van der Waals surface area contributed by atoms with E-state index >= 15 is 0 Å². The second kappa shape index (κ2) is 10.4. The number of rotatable bonds is 9. The van der Waals surface area contributed by atoms with Crippen molar-refractivity contribution in [3.63, 3.8) is 0 Å². The smallest absolute Gasteiger partial charge is 0.272 e. The molecule has 4 aromatic rings. The molecular weight excluding hydrogens is 456 g/mol. The van der Waals surface area contributed by atoms with E-state index in [-0.39, 0.29) is 23.3 Å². The first kappa shape index (κ1) is 23.3. The number of para-hydroxylation sites is 1. The summed E-state index contributed by atoms with van der Waals surface area (Å²) in [5.74, 6) is 0.827. The fraction of sp³-hybridized carbons (Fsp3) is 0.333. The van der Waals surface area contributed by atoms with Gasteiger partial charge in [-0.3, -0.25) is 14.2 Å². The highest BCUT2D eigenvalue weighted by atomic mass is 32.2. The van der Waals surface area contributed by atoms with E-state index in [2.05, 4.69) is 10.3 Å². The van der Waals surface area contributed by atoms with E-state index < -0.39 is 0 Å². The van der Waals surface area contributed by atoms with Gasteiger partial charge in [0.15, 0.2) is 5.16 Å². The number of benzene rings is 1. The number of carbonyl (C=O) groups is 1. The topological polar surface area (TPSA) is 86.1 Å². The fourth-order valence-corrected chi connectivity index (χ4v) is 5.27. The summed E-state index contributed by atoms with van der Waals surface area (Å²) in [5.41, 5.74) is 1.37. The van der Waals surface area contributed by atoms with Gasteiger partial charge in [-0.1, -0.05) is 36.9 Å². The number of carbonyl (C=O) groups excluding carboxylic acids is 1. The van der Waals surface area contributed by atoms with E-state index in [1.54, 1.807) is 10.8 Å². The number of hydrogen-bond donors (Lipinski definition) is 1. The molecular formula is C24H26N4O3S2. The fourth-order valence-electron chi connectivity index (χ4n) is 3.44. The Bertz CT molecular complexity index is 1350. The third-order valence-corrected chi connectivity index (χ3v) is 7.34. The summed E-state index contributed by atoms with van der Waals surface area (Å²) in [6.07, 6.45) is 2.57. The SMILES string of the molecule is CCOc1ccccc1Cn1c(SCC(=O)NC(C)CC)nc2c(sc3ncccc32)c1=O. The lowest BCUT2D eigenvalue weighted by Gasteiger charge is -2.15. The Balaban J connectivity index is 1.78. The lowest BCUT2D eigenvalue weighted by molar-refractivity contribution is -0.119. The van der Waals surface area contributed by atoms with Crippen LogP contribution in [-0.2, 0) is 11.3 Å². The lowest BCUT2D eigenvalue weighted by atomic mass is 10.2. The van der Waals surface area contributed by atoms with Crippen molar-refractivity contribution >= 4 is 49.4 Å². The van der Waals surface area contributed by atoms with Gasteiger partial charge in [-0.2, -0.15) is 0 Å². The molecule has 0 bridgehead atoms. The van der Waals surface area contributed by atoms with Crippen LogP contribution in [-0.4, -0.2) is 38.8 Å². The average molecular weight is 483 g/mol. The normalized spacial score (nSPS) is 12.2. The molecule has 0 aliphatic carbocycles. The summed E-state index contributed by atoms with van der Waals surface area (Å²) in [6, 6.07) is 11.5. The molecule has 3 aromatic heterocycles. The maximum absolute atomic E-state index is 13.6. The summed E-state index contributed by atoms with van der Waals surface area (Å²) < 4.78 is 7.96. The van der Waals surface area contributed by atoms with Crippen LogP contribution in [0, 0.1) is 0 Å². The van der Waals surface area contributed by atoms with Crippen LogP contribution in [0.4, 0.5) is 0 Å². The van der Waals surface area contributed by atoms with Crippen molar-refractivity contribution in [2.75, 3.05) is 12.4 Å². The molecule has 0 saturated heterocycles. The van der Waals surface area contributed by atoms with Crippen LogP contribution >= 0.6 is 23.1 Å². The maximum atomic E-state index is 13.6. The zero-order valence-corrected chi connectivity index (χ0v) is 20.5. The largest absolute Gasteiger partial charge is 0.494 e. The number of ether oxygens (including phenoxy) is 1. The predicted octanol–water partition coefficient (Wildman–Crippen LogP) is 4.46. The Kier molecular flexibility index (Phi) is 7.29. The zero-order chi connectivity index (χ0) is 23.4. The molecule has 0 fully saturated rings. The Morgan fingerprint density at radius 3 is 2.85 bits per heavy atom. The van der Waals surface area contributed by atoms with Crippen LogP contribution in [0.3, 0.4) is 0 Å². The molecule has 1 atom stereocenters. The molecule has 1 N–H and O–H groups in total. The number of fused-ring (bicyclic) bond motifs is 3. The van der Waals surface area contributed by atoms with E-state index in [0.29, 0.717) is 28.5 Å². The molecule has 7 nitrogen and oxygen atoms in total. The lowest BCUT2D eigenvalue weighted by Crippen LogP contribution is -2.33. The minimum Gasteiger partial charge on any atom is -0.494 e. The van der Waals surface area contributed by atoms with Crippen molar-refractivity contribution in [1.82, 2.24) is 19.9 Å². The molecule has 9 heteroatoms. The number of pyridine rings is 1. The number of aromatic nitrogens is 3. The van der Waals surface area contributed by atoms with Gasteiger partial charge in [0, 0.05) is 23.2 Å². The van der Waals surface area contributed by atoms with Crippen LogP contribution in [0.1, 0.15) is 32.8 Å². The molecule has 4 rings (SSSR count). The average Bonchev–Trinajstić information content (AvgIpc) is 3.20. The molecule has 0 aliphatic heterocycles. The Morgan fingerprint density at radius 1 is 1.24 bits per heavy atom. The van der Waals surface area contributed by atoms with Gasteiger partial charge < -0.3 is 10.1 Å². The second-order valence-corrected chi connectivity index (χ2v) is 9.57. The standard InChI is InChI=1S/C24H26N4O3S2/c1-4-15(3)26-19(29)14-32-24-27-20-17-10-8-12-25-22(17)33-21(20)23(30)28(24)13-16-9-6-7-11-18(16)31-5-2/h6-12,15H,4-5,13-14H2,1-3H3,(H,26,29). The van der Waals surface area contributed by atoms with E-state index in [9.17, 15) is 9.59 Å². The van der Waals surface area contributed by atoms with Crippen molar-refractivity contribution in [2.45, 2.75) is 44.9 Å². The molecule has 33 heavy (non-hydrogen) atoms. The zero-order valence-electron chi connectivity index (χ0n) is 18.8. The number of nitrogens with one attached hydrogen (secondary N) is 1. The maximum Gasteiger partial charge on any atom is 0.272 e. The Morgan fingerprint density at radius 2 is 2.06 bits per heavy atom. The van der Waals surface area contributed by atoms with Gasteiger partial charge in [0.05, 0.1) is 24.4 Å². The first-order valence-corrected chi connectivity index (χ1v) is 12.7. The summed E-state index contributed by atoms with van der Waals surface area (Å²) in [4.78, 5) is 36.1. The van der Waals surface area contributed by atoms with Gasteiger partial charge in [-0.05, 0) is 38.5 Å². The molecule has 172 valence electrons. The van der Waals surface area contributed by atoms with Crippen LogP contribution in [0.2, 0.25) is 0 Å². The molecule has 0 radical (unpaired) electrons. The van der Waals surface area contributed by atoms with Gasteiger partial charge >= 0.3 is 0 Å². The molecule has 1 aromatic carbocycles. The van der Waals surface area contributed by atoms with Gasteiger partial charge in [-0.15, -0.1) is 11.3 Å². The van der Waals surface area contributed by atoms with Gasteiger partial charge in [-0.25, -0.2) is 9.97 Å². The van der Waals surface area contributed by atoms with Gasteiger partial charge in [0.2, 0.25) is 5.91 Å². The summed E-state index contributed by atoms with van der Waals surface area (Å²) in [7, 11) is 0. The second-order valence-electron chi connectivity index (χ2n) is 7.63. The summed E-state index contributed by atoms with van der Waals surface area (Å²) in [5, 5.41) is 4.32. The number of nitrogens with zero attached hydrogens (tertiary/aromatic N) is 3. The molecule has 3 heterocycles. The minimum absolute atomic E-state index is 0.0817. The molecule has 1 unspecified atom stereocenters. The van der Waals surface area contributed by atoms with Crippen LogP contribution in [0.25, 0.3) is 20.4 Å². The quantitative estimate of drug-likeness (QED) is 0.280. The third kappa shape index (κ3) is 5.04. The van der Waals surface area contributed by atoms with Crippen molar-refractivity contribution in [2.24, 2.45) is 0 Å². The van der Waals surface area contributed by atoms with Crippen LogP contribution < -0.4 is 15.6 Å². The van der Waals surface area contributed by atoms with E-state index in [1.807, 2.05) is 57.2 Å². The van der Waals surface area contributed by atoms with E-state index in [4.69, 9.17) is 9.72 Å². The van der Waals surface area contributed by atoms with Crippen molar-refractivity contribution in [3.05, 3.63) is 58.5 Å². The van der Waals surface area contributed by atoms with E-state index in [1.165, 1.54) is 23.1 Å². The Labute approximate surface area is 200 Å². The molecule has 1 amide bonds. The third-order valence-electron chi connectivity index (χ3n) is 5.27. The number of thiophene rings is 1. The first-order chi connectivity index (χ1) is 16.0. The highest BCUT2D eigenvalue weighted by molar-refractivity contribution is 7.99. The van der Waals surface area contributed by atoms with E-state index in [0.717, 1.165) is 28.0 Å². The van der Waals surface area contributed by atoms with Gasteiger partial charge in [0.1, 0.15) is 15.3 Å². The van der Waals surface area contributed by atoms with Crippen molar-refractivity contribution in [1.29, 1.82) is 0 Å². The summed E-state index contributed by atoms with van der Waals surface area (Å²) in [6.45, 7) is 6.75. The molecule has 0 spiro atoms. The monoisotopic (exact) mass is 482 g/mol. The minimum atomic E-state index is -0.140. The van der Waals surface area contributed by atoms with Crippen LogP contribution in [0.5, 0.6) is 5.75 Å². The van der Waals surface area contributed by atoms with Crippen molar-refractivity contribution in [3.8, 4) is 5.75 Å². The predicted molar refractivity (Wildman–Crippen MR) is 135 cm³/mol. The highest BCUT2D eigenvalue weighted by Crippen LogP contribution is 2.31. The number of hydrogen-bond acceptors (Lipinski definition) is 7. The summed E-state index contributed by atoms with van der Waals surface area (Å²) >= 11 is 2.62. The van der Waals surface area contributed by atoms with Gasteiger partial charge in [0.25, 0.3) is 5.56 Å². The van der Waals surface area contributed by atoms with Crippen molar-refractivity contribution < 1.29 is 9.53 Å². The molecule has 0 aliphatic rings. The van der Waals surface area contributed by atoms with Crippen LogP contribution in [0.15, 0.2) is 52.5 Å². The Hall–Kier alpha value is -2.91. The highest BCUT2D eigenvalue weighted by Gasteiger charge is 2.19.